The summed E-state index contributed by atoms with van der Waals surface area (Å²) in [6.45, 7) is 8.16. The van der Waals surface area contributed by atoms with Crippen molar-refractivity contribution in [2.45, 2.75) is 27.3 Å². The summed E-state index contributed by atoms with van der Waals surface area (Å²) in [5.74, 6) is 5.47. The van der Waals surface area contributed by atoms with Crippen molar-refractivity contribution in [3.63, 3.8) is 0 Å². The van der Waals surface area contributed by atoms with Gasteiger partial charge >= 0.3 is 0 Å². The van der Waals surface area contributed by atoms with E-state index in [9.17, 15) is 4.79 Å². The Kier molecular flexibility index (Phi) is 4.31. The Morgan fingerprint density at radius 1 is 1.53 bits per heavy atom. The SMILES string of the molecule is CN(Cc1cc(C(=O)NN)co1)CC(C)(C)C. The van der Waals surface area contributed by atoms with Crippen LogP contribution in [0.4, 0.5) is 0 Å². The van der Waals surface area contributed by atoms with Gasteiger partial charge in [0, 0.05) is 6.54 Å². The summed E-state index contributed by atoms with van der Waals surface area (Å²) in [4.78, 5) is 13.4. The third kappa shape index (κ3) is 4.58. The van der Waals surface area contributed by atoms with Crippen LogP contribution < -0.4 is 11.3 Å². The first-order valence-electron chi connectivity index (χ1n) is 5.59. The summed E-state index contributed by atoms with van der Waals surface area (Å²) in [6, 6.07) is 1.71. The second-order valence-electron chi connectivity index (χ2n) is 5.51. The fourth-order valence-corrected chi connectivity index (χ4v) is 1.80. The highest BCUT2D eigenvalue weighted by molar-refractivity contribution is 5.93. The first-order chi connectivity index (χ1) is 7.81. The van der Waals surface area contributed by atoms with E-state index in [1.165, 1.54) is 6.26 Å². The molecule has 3 N–H and O–H groups in total. The van der Waals surface area contributed by atoms with Crippen LogP contribution >= 0.6 is 0 Å². The predicted molar refractivity (Wildman–Crippen MR) is 66.2 cm³/mol. The molecule has 1 amide bonds. The maximum absolute atomic E-state index is 11.2. The molecule has 0 bridgehead atoms. The molecule has 0 radical (unpaired) electrons. The second kappa shape index (κ2) is 5.33. The number of furan rings is 1. The Labute approximate surface area is 102 Å². The molecule has 1 aromatic rings. The van der Waals surface area contributed by atoms with Crippen LogP contribution in [0.2, 0.25) is 0 Å². The molecule has 96 valence electrons. The lowest BCUT2D eigenvalue weighted by atomic mass is 9.96. The standard InChI is InChI=1S/C12H21N3O2/c1-12(2,3)8-15(4)6-10-5-9(7-17-10)11(16)14-13/h5,7H,6,8,13H2,1-4H3,(H,14,16). The molecule has 0 aliphatic carbocycles. The third-order valence-corrected chi connectivity index (χ3v) is 2.22. The van der Waals surface area contributed by atoms with Crippen molar-refractivity contribution in [1.82, 2.24) is 10.3 Å². The number of carbonyl (C=O) groups excluding carboxylic acids is 1. The van der Waals surface area contributed by atoms with Crippen LogP contribution in [-0.2, 0) is 6.54 Å². The van der Waals surface area contributed by atoms with Gasteiger partial charge in [0.2, 0.25) is 0 Å². The smallest absolute Gasteiger partial charge is 0.268 e. The van der Waals surface area contributed by atoms with E-state index in [0.717, 1.165) is 12.3 Å². The van der Waals surface area contributed by atoms with Gasteiger partial charge in [-0.2, -0.15) is 0 Å². The number of rotatable bonds is 4. The number of hydrogen-bond donors (Lipinski definition) is 2. The molecule has 0 aromatic carbocycles. The molecular weight excluding hydrogens is 218 g/mol. The zero-order valence-corrected chi connectivity index (χ0v) is 10.9. The van der Waals surface area contributed by atoms with Gasteiger partial charge in [0.1, 0.15) is 12.0 Å². The minimum absolute atomic E-state index is 0.235. The molecule has 5 heteroatoms. The van der Waals surface area contributed by atoms with E-state index in [1.54, 1.807) is 6.07 Å². The van der Waals surface area contributed by atoms with Crippen molar-refractivity contribution < 1.29 is 9.21 Å². The van der Waals surface area contributed by atoms with Crippen LogP contribution in [0.3, 0.4) is 0 Å². The van der Waals surface area contributed by atoms with Crippen molar-refractivity contribution in [2.24, 2.45) is 11.3 Å². The second-order valence-corrected chi connectivity index (χ2v) is 5.51. The van der Waals surface area contributed by atoms with Gasteiger partial charge in [-0.25, -0.2) is 5.84 Å². The Hall–Kier alpha value is -1.33. The number of nitrogens with two attached hydrogens (primary N) is 1. The van der Waals surface area contributed by atoms with E-state index in [1.807, 2.05) is 7.05 Å². The van der Waals surface area contributed by atoms with Gasteiger partial charge < -0.3 is 4.42 Å². The zero-order chi connectivity index (χ0) is 13.1. The van der Waals surface area contributed by atoms with Crippen LogP contribution in [0.15, 0.2) is 16.7 Å². The molecule has 0 fully saturated rings. The molecule has 5 nitrogen and oxygen atoms in total. The maximum atomic E-state index is 11.2. The largest absolute Gasteiger partial charge is 0.467 e. The fourth-order valence-electron chi connectivity index (χ4n) is 1.80. The summed E-state index contributed by atoms with van der Waals surface area (Å²) >= 11 is 0. The van der Waals surface area contributed by atoms with Crippen molar-refractivity contribution in [3.05, 3.63) is 23.7 Å². The monoisotopic (exact) mass is 239 g/mol. The van der Waals surface area contributed by atoms with Gasteiger partial charge in [-0.15, -0.1) is 0 Å². The molecule has 1 aromatic heterocycles. The van der Waals surface area contributed by atoms with E-state index >= 15 is 0 Å². The van der Waals surface area contributed by atoms with Crippen LogP contribution in [0.25, 0.3) is 0 Å². The van der Waals surface area contributed by atoms with Crippen LogP contribution in [-0.4, -0.2) is 24.4 Å². The Morgan fingerprint density at radius 2 is 2.18 bits per heavy atom. The first-order valence-corrected chi connectivity index (χ1v) is 5.59. The molecular formula is C12H21N3O2. The topological polar surface area (TPSA) is 71.5 Å². The number of hydrazine groups is 1. The first kappa shape index (κ1) is 13.7. The van der Waals surface area contributed by atoms with E-state index < -0.39 is 0 Å². The summed E-state index contributed by atoms with van der Waals surface area (Å²) in [5, 5.41) is 0. The normalized spacial score (nSPS) is 11.9. The van der Waals surface area contributed by atoms with Crippen LogP contribution in [0.1, 0.15) is 36.9 Å². The van der Waals surface area contributed by atoms with Gasteiger partial charge in [-0.1, -0.05) is 20.8 Å². The summed E-state index contributed by atoms with van der Waals surface area (Å²) in [5.41, 5.74) is 2.76. The van der Waals surface area contributed by atoms with E-state index in [4.69, 9.17) is 10.3 Å². The minimum Gasteiger partial charge on any atom is -0.467 e. The van der Waals surface area contributed by atoms with Gasteiger partial charge in [0.25, 0.3) is 5.91 Å². The fraction of sp³-hybridized carbons (Fsp3) is 0.583. The number of nitrogen functional groups attached to an aromatic ring is 1. The number of nitrogens with one attached hydrogen (secondary N) is 1. The molecule has 0 spiro atoms. The van der Waals surface area contributed by atoms with Crippen molar-refractivity contribution >= 4 is 5.91 Å². The molecule has 1 heterocycles. The Morgan fingerprint density at radius 3 is 2.71 bits per heavy atom. The molecule has 0 aliphatic heterocycles. The van der Waals surface area contributed by atoms with Crippen molar-refractivity contribution in [1.29, 1.82) is 0 Å². The Bertz CT molecular complexity index is 379. The average molecular weight is 239 g/mol. The summed E-state index contributed by atoms with van der Waals surface area (Å²) in [7, 11) is 2.02. The maximum Gasteiger partial charge on any atom is 0.268 e. The highest BCUT2D eigenvalue weighted by Crippen LogP contribution is 2.16. The van der Waals surface area contributed by atoms with Crippen molar-refractivity contribution in [2.75, 3.05) is 13.6 Å². The van der Waals surface area contributed by atoms with E-state index in [2.05, 4.69) is 31.1 Å². The average Bonchev–Trinajstić information content (AvgIpc) is 2.62. The molecule has 0 saturated heterocycles. The zero-order valence-electron chi connectivity index (χ0n) is 10.9. The highest BCUT2D eigenvalue weighted by atomic mass is 16.3. The van der Waals surface area contributed by atoms with Crippen LogP contribution in [0.5, 0.6) is 0 Å². The number of carbonyl (C=O) groups is 1. The van der Waals surface area contributed by atoms with E-state index in [0.29, 0.717) is 12.1 Å². The number of amides is 1. The highest BCUT2D eigenvalue weighted by Gasteiger charge is 2.15. The number of nitrogens with zero attached hydrogens (tertiary/aromatic N) is 1. The molecule has 17 heavy (non-hydrogen) atoms. The molecule has 0 unspecified atom stereocenters. The molecule has 0 saturated carbocycles. The minimum atomic E-state index is -0.335. The van der Waals surface area contributed by atoms with Crippen LogP contribution in [0, 0.1) is 5.41 Å². The van der Waals surface area contributed by atoms with Gasteiger partial charge in [0.05, 0.1) is 12.1 Å². The quantitative estimate of drug-likeness (QED) is 0.473. The predicted octanol–water partition coefficient (Wildman–Crippen LogP) is 1.36. The summed E-state index contributed by atoms with van der Waals surface area (Å²) in [6.07, 6.45) is 1.42. The lowest BCUT2D eigenvalue weighted by Crippen LogP contribution is -2.29. The summed E-state index contributed by atoms with van der Waals surface area (Å²) < 4.78 is 5.31. The van der Waals surface area contributed by atoms with Crippen molar-refractivity contribution in [3.8, 4) is 0 Å². The van der Waals surface area contributed by atoms with Gasteiger partial charge in [-0.3, -0.25) is 15.1 Å². The third-order valence-electron chi connectivity index (χ3n) is 2.22. The number of hydrogen-bond acceptors (Lipinski definition) is 4. The van der Waals surface area contributed by atoms with Gasteiger partial charge in [-0.05, 0) is 18.5 Å². The Balaban J connectivity index is 2.57. The van der Waals surface area contributed by atoms with E-state index in [-0.39, 0.29) is 11.3 Å². The molecule has 1 rings (SSSR count). The molecule has 0 atom stereocenters. The lowest BCUT2D eigenvalue weighted by molar-refractivity contribution is 0.0953. The lowest BCUT2D eigenvalue weighted by Gasteiger charge is -2.25. The van der Waals surface area contributed by atoms with Gasteiger partial charge in [0.15, 0.2) is 0 Å². The molecule has 0 aliphatic rings.